The van der Waals surface area contributed by atoms with E-state index in [2.05, 4.69) is 10.0 Å². The van der Waals surface area contributed by atoms with Crippen LogP contribution in [0.3, 0.4) is 0 Å². The molecule has 4 aliphatic rings. The summed E-state index contributed by atoms with van der Waals surface area (Å²) in [7, 11) is -3.70. The van der Waals surface area contributed by atoms with Crippen LogP contribution in [-0.4, -0.2) is 89.6 Å². The molecule has 2 heterocycles. The number of benzene rings is 1. The zero-order chi connectivity index (χ0) is 40.3. The summed E-state index contributed by atoms with van der Waals surface area (Å²) < 4.78 is 82.2. The summed E-state index contributed by atoms with van der Waals surface area (Å²) in [6.07, 6.45) is -1.12. The van der Waals surface area contributed by atoms with Crippen molar-refractivity contribution in [1.29, 1.82) is 0 Å². The lowest BCUT2D eigenvalue weighted by Gasteiger charge is -2.29. The summed E-state index contributed by atoms with van der Waals surface area (Å²) in [6, 6.07) is 1.91. The lowest BCUT2D eigenvalue weighted by Crippen LogP contribution is -2.53. The molecule has 2 aliphatic heterocycles. The fourth-order valence-electron chi connectivity index (χ4n) is 7.75. The first-order valence-corrected chi connectivity index (χ1v) is 20.5. The van der Waals surface area contributed by atoms with Gasteiger partial charge >= 0.3 is 12.2 Å². The average Bonchev–Trinajstić information content (AvgIpc) is 3.47. The Morgan fingerprint density at radius 3 is 2.38 bits per heavy atom. The molecule has 1 unspecified atom stereocenters. The van der Waals surface area contributed by atoms with Gasteiger partial charge in [-0.2, -0.15) is 0 Å². The number of primary amides is 1. The first-order chi connectivity index (χ1) is 25.7. The molecule has 1 aromatic carbocycles. The van der Waals surface area contributed by atoms with E-state index in [4.69, 9.17) is 15.2 Å². The van der Waals surface area contributed by atoms with Crippen LogP contribution in [0.15, 0.2) is 18.2 Å². The van der Waals surface area contributed by atoms with Gasteiger partial charge in [0.05, 0.1) is 18.3 Å². The second-order valence-electron chi connectivity index (χ2n) is 16.2. The van der Waals surface area contributed by atoms with Crippen LogP contribution in [0.1, 0.15) is 109 Å². The third-order valence-corrected chi connectivity index (χ3v) is 12.5. The van der Waals surface area contributed by atoms with Gasteiger partial charge in [-0.1, -0.05) is 18.6 Å². The first kappa shape index (κ1) is 42.1. The number of carbonyl (C=O) groups excluding carboxylic acids is 5. The molecular weight excluding hydrogens is 747 g/mol. The first-order valence-electron chi connectivity index (χ1n) is 19.0. The van der Waals surface area contributed by atoms with Gasteiger partial charge in [-0.25, -0.2) is 31.2 Å². The number of carbonyl (C=O) groups is 5. The Labute approximate surface area is 319 Å². The number of nitrogens with zero attached hydrogens (tertiary/aromatic N) is 2. The zero-order valence-corrected chi connectivity index (χ0v) is 32.3. The van der Waals surface area contributed by atoms with Crippen molar-refractivity contribution in [2.45, 2.75) is 146 Å². The molecule has 0 bridgehead atoms. The molecule has 0 spiro atoms. The minimum Gasteiger partial charge on any atom is -0.444 e. The Balaban J connectivity index is 1.16. The number of alkyl carbamates (subject to hydrolysis) is 1. The molecule has 18 heteroatoms. The van der Waals surface area contributed by atoms with Crippen molar-refractivity contribution < 1.29 is 55.0 Å². The van der Waals surface area contributed by atoms with E-state index in [-0.39, 0.29) is 51.2 Å². The van der Waals surface area contributed by atoms with Crippen LogP contribution < -0.4 is 15.8 Å². The van der Waals surface area contributed by atoms with Crippen molar-refractivity contribution in [3.63, 3.8) is 0 Å². The van der Waals surface area contributed by atoms with Crippen LogP contribution in [0.4, 0.5) is 22.8 Å². The van der Waals surface area contributed by atoms with Crippen LogP contribution in [-0.2, 0) is 47.0 Å². The number of nitrogens with two attached hydrogens (primary N) is 1. The highest BCUT2D eigenvalue weighted by atomic mass is 32.2. The van der Waals surface area contributed by atoms with Crippen molar-refractivity contribution in [3.8, 4) is 0 Å². The van der Waals surface area contributed by atoms with Gasteiger partial charge in [0, 0.05) is 37.3 Å². The molecule has 1 aromatic rings. The van der Waals surface area contributed by atoms with Gasteiger partial charge in [0.15, 0.2) is 0 Å². The van der Waals surface area contributed by atoms with Crippen LogP contribution >= 0.6 is 0 Å². The van der Waals surface area contributed by atoms with Gasteiger partial charge in [-0.05, 0) is 89.7 Å². The number of amides is 5. The second-order valence-corrected chi connectivity index (χ2v) is 18.2. The maximum Gasteiger partial charge on any atom is 0.410 e. The predicted octanol–water partition coefficient (Wildman–Crippen LogP) is 4.63. The lowest BCUT2D eigenvalue weighted by molar-refractivity contribution is -0.139. The normalized spacial score (nSPS) is 23.2. The van der Waals surface area contributed by atoms with Gasteiger partial charge in [0.25, 0.3) is 0 Å². The number of alkyl halides is 2. The molecular formula is C37H52F3N5O9S. The molecule has 0 radical (unpaired) electrons. The maximum absolute atomic E-state index is 15.2. The molecule has 2 aliphatic carbocycles. The number of nitrogens with one attached hydrogen (secondary N) is 2. The molecule has 0 aromatic heterocycles. The van der Waals surface area contributed by atoms with E-state index in [9.17, 15) is 36.8 Å². The minimum absolute atomic E-state index is 0.0208. The maximum atomic E-state index is 15.2. The van der Waals surface area contributed by atoms with Gasteiger partial charge in [-0.15, -0.1) is 0 Å². The van der Waals surface area contributed by atoms with Crippen molar-refractivity contribution in [3.05, 3.63) is 35.1 Å². The van der Waals surface area contributed by atoms with Crippen molar-refractivity contribution >= 4 is 39.9 Å². The average molecular weight is 800 g/mol. The van der Waals surface area contributed by atoms with Crippen LogP contribution in [0.2, 0.25) is 0 Å². The SMILES string of the molecule is CC(C)(C)OC(=O)N[C@@H](CCCC(F)(F)CCC[C@@H]1CCCC1C(=O)NS(=O)(=O)C1CC1)C(=O)N1C[C@H](OC(=O)N2Cc3cccc(F)c3C2)C[C@H]1C(N)=O. The number of hydrogen-bond acceptors (Lipinski definition) is 9. The van der Waals surface area contributed by atoms with Crippen molar-refractivity contribution in [1.82, 2.24) is 19.8 Å². The number of halogens is 3. The Morgan fingerprint density at radius 2 is 1.73 bits per heavy atom. The van der Waals surface area contributed by atoms with Crippen molar-refractivity contribution in [2.24, 2.45) is 17.6 Å². The third kappa shape index (κ3) is 11.3. The van der Waals surface area contributed by atoms with E-state index in [1.54, 1.807) is 26.8 Å². The van der Waals surface area contributed by atoms with E-state index in [0.717, 1.165) is 4.90 Å². The summed E-state index contributed by atoms with van der Waals surface area (Å²) in [5.41, 5.74) is 5.67. The van der Waals surface area contributed by atoms with E-state index in [1.807, 2.05) is 0 Å². The Bertz CT molecular complexity index is 1740. The molecule has 4 N–H and O–H groups in total. The number of likely N-dealkylation sites (tertiary alicyclic amines) is 1. The Hall–Kier alpha value is -4.09. The lowest BCUT2D eigenvalue weighted by atomic mass is 9.89. The highest BCUT2D eigenvalue weighted by Gasteiger charge is 2.45. The largest absolute Gasteiger partial charge is 0.444 e. The van der Waals surface area contributed by atoms with Gasteiger partial charge in [0.1, 0.15) is 29.6 Å². The fraction of sp³-hybridized carbons (Fsp3) is 0.703. The van der Waals surface area contributed by atoms with E-state index < -0.39 is 99.5 Å². The number of hydrogen-bond donors (Lipinski definition) is 3. The van der Waals surface area contributed by atoms with Gasteiger partial charge in [0.2, 0.25) is 33.7 Å². The van der Waals surface area contributed by atoms with Crippen molar-refractivity contribution in [2.75, 3.05) is 6.54 Å². The molecule has 1 saturated heterocycles. The number of rotatable bonds is 15. The summed E-state index contributed by atoms with van der Waals surface area (Å²) in [4.78, 5) is 67.3. The standard InChI is InChI=1S/C37H52F3N5O9S/c1-36(2,3)54-34(49)42-29(13-7-17-37(39,40)16-6-10-22-8-4-11-26(22)32(47)43-55(51,52)25-14-15-25)33(48)45-20-24(18-30(45)31(41)46)53-35(50)44-19-23-9-5-12-28(38)27(23)21-44/h5,9,12,22,24-26,29-30H,4,6-8,10-11,13-21H2,1-3H3,(H2,41,46)(H,42,49)(H,43,47)/t22-,24+,26?,29-,30-/m0/s1. The summed E-state index contributed by atoms with van der Waals surface area (Å²) >= 11 is 0. The zero-order valence-electron chi connectivity index (χ0n) is 31.5. The molecule has 5 rings (SSSR count). The van der Waals surface area contributed by atoms with E-state index in [1.165, 1.54) is 17.0 Å². The molecule has 5 atom stereocenters. The number of fused-ring (bicyclic) bond motifs is 1. The number of ether oxygens (including phenoxy) is 2. The molecule has 306 valence electrons. The summed E-state index contributed by atoms with van der Waals surface area (Å²) in [5.74, 6) is -6.60. The monoisotopic (exact) mass is 799 g/mol. The molecule has 55 heavy (non-hydrogen) atoms. The van der Waals surface area contributed by atoms with Crippen LogP contribution in [0.5, 0.6) is 0 Å². The summed E-state index contributed by atoms with van der Waals surface area (Å²) in [6.45, 7) is 4.65. The highest BCUT2D eigenvalue weighted by molar-refractivity contribution is 7.90. The predicted molar refractivity (Wildman–Crippen MR) is 192 cm³/mol. The van der Waals surface area contributed by atoms with E-state index >= 15 is 8.78 Å². The van der Waals surface area contributed by atoms with E-state index in [0.29, 0.717) is 49.7 Å². The van der Waals surface area contributed by atoms with Gasteiger partial charge in [-0.3, -0.25) is 24.0 Å². The van der Waals surface area contributed by atoms with Gasteiger partial charge < -0.3 is 25.4 Å². The molecule has 5 amide bonds. The Kier molecular flexibility index (Phi) is 13.0. The smallest absolute Gasteiger partial charge is 0.410 e. The highest BCUT2D eigenvalue weighted by Crippen LogP contribution is 2.38. The fourth-order valence-corrected chi connectivity index (χ4v) is 9.10. The molecule has 2 saturated carbocycles. The number of sulfonamides is 1. The summed E-state index contributed by atoms with van der Waals surface area (Å²) in [5, 5.41) is 1.91. The molecule has 14 nitrogen and oxygen atoms in total. The second kappa shape index (κ2) is 17.0. The Morgan fingerprint density at radius 1 is 1.02 bits per heavy atom. The quantitative estimate of drug-likeness (QED) is 0.227. The molecule has 3 fully saturated rings. The topological polar surface area (TPSA) is 195 Å². The minimum atomic E-state index is -3.70. The van der Waals surface area contributed by atoms with Crippen LogP contribution in [0, 0.1) is 17.7 Å². The third-order valence-electron chi connectivity index (χ3n) is 10.7. The van der Waals surface area contributed by atoms with Crippen LogP contribution in [0.25, 0.3) is 0 Å².